The first kappa shape index (κ1) is 21.9. The number of ether oxygens (including phenoxy) is 2. The number of carbonyl (C=O) groups is 2. The van der Waals surface area contributed by atoms with E-state index in [0.717, 1.165) is 23.2 Å². The smallest absolute Gasteiger partial charge is 0.340 e. The minimum atomic E-state index is -4.03. The Morgan fingerprint density at radius 1 is 1.20 bits per heavy atom. The number of para-hydroxylation sites is 2. The van der Waals surface area contributed by atoms with Crippen molar-refractivity contribution >= 4 is 39.2 Å². The molecule has 0 radical (unpaired) electrons. The SMILES string of the molecule is COc1ccccc1N(C)S(=O)(=O)c1ccc(Cl)c(C(=O)OCC(=O)NC2CC2)c1. The Morgan fingerprint density at radius 3 is 2.57 bits per heavy atom. The molecule has 160 valence electrons. The summed E-state index contributed by atoms with van der Waals surface area (Å²) in [6.07, 6.45) is 1.82. The molecule has 0 saturated heterocycles. The van der Waals surface area contributed by atoms with Crippen molar-refractivity contribution in [3.8, 4) is 5.75 Å². The van der Waals surface area contributed by atoms with Gasteiger partial charge >= 0.3 is 5.97 Å². The van der Waals surface area contributed by atoms with Crippen LogP contribution in [0.3, 0.4) is 0 Å². The highest BCUT2D eigenvalue weighted by Gasteiger charge is 2.27. The van der Waals surface area contributed by atoms with Crippen molar-refractivity contribution in [1.82, 2.24) is 5.32 Å². The third-order valence-corrected chi connectivity index (χ3v) is 6.61. The van der Waals surface area contributed by atoms with E-state index in [4.69, 9.17) is 21.1 Å². The number of nitrogens with zero attached hydrogens (tertiary/aromatic N) is 1. The van der Waals surface area contributed by atoms with Crippen molar-refractivity contribution in [1.29, 1.82) is 0 Å². The Morgan fingerprint density at radius 2 is 1.90 bits per heavy atom. The number of anilines is 1. The van der Waals surface area contributed by atoms with E-state index in [0.29, 0.717) is 11.4 Å². The molecule has 0 aromatic heterocycles. The molecule has 30 heavy (non-hydrogen) atoms. The zero-order valence-electron chi connectivity index (χ0n) is 16.4. The molecule has 0 unspecified atom stereocenters. The lowest BCUT2D eigenvalue weighted by Crippen LogP contribution is -2.30. The van der Waals surface area contributed by atoms with Gasteiger partial charge in [-0.15, -0.1) is 0 Å². The molecule has 1 amide bonds. The quantitative estimate of drug-likeness (QED) is 0.618. The summed E-state index contributed by atoms with van der Waals surface area (Å²) in [7, 11) is -1.21. The van der Waals surface area contributed by atoms with Crippen LogP contribution in [-0.2, 0) is 19.6 Å². The van der Waals surface area contributed by atoms with E-state index in [2.05, 4.69) is 5.32 Å². The molecule has 1 aliphatic carbocycles. The van der Waals surface area contributed by atoms with Gasteiger partial charge in [0.15, 0.2) is 6.61 Å². The predicted molar refractivity (Wildman–Crippen MR) is 111 cm³/mol. The molecule has 1 saturated carbocycles. The number of halogens is 1. The van der Waals surface area contributed by atoms with Gasteiger partial charge in [-0.1, -0.05) is 23.7 Å². The minimum Gasteiger partial charge on any atom is -0.495 e. The first-order chi connectivity index (χ1) is 14.2. The Hall–Kier alpha value is -2.78. The Kier molecular flexibility index (Phi) is 6.52. The lowest BCUT2D eigenvalue weighted by Gasteiger charge is -2.22. The Bertz CT molecular complexity index is 1070. The number of carbonyl (C=O) groups excluding carboxylic acids is 2. The molecule has 0 atom stereocenters. The van der Waals surface area contributed by atoms with Gasteiger partial charge in [-0.05, 0) is 43.2 Å². The van der Waals surface area contributed by atoms with Crippen LogP contribution in [0.25, 0.3) is 0 Å². The monoisotopic (exact) mass is 452 g/mol. The predicted octanol–water partition coefficient (Wildman–Crippen LogP) is 2.61. The number of rotatable bonds is 8. The fourth-order valence-corrected chi connectivity index (χ4v) is 4.13. The highest BCUT2D eigenvalue weighted by atomic mass is 35.5. The van der Waals surface area contributed by atoms with Crippen molar-refractivity contribution in [3.05, 3.63) is 53.1 Å². The number of methoxy groups -OCH3 is 1. The van der Waals surface area contributed by atoms with E-state index in [1.165, 1.54) is 26.3 Å². The number of sulfonamides is 1. The zero-order chi connectivity index (χ0) is 21.9. The molecule has 1 aliphatic rings. The normalized spacial score (nSPS) is 13.4. The fourth-order valence-electron chi connectivity index (χ4n) is 2.70. The fraction of sp³-hybridized carbons (Fsp3) is 0.300. The molecule has 8 nitrogen and oxygen atoms in total. The summed E-state index contributed by atoms with van der Waals surface area (Å²) in [5.74, 6) is -0.927. The van der Waals surface area contributed by atoms with E-state index in [-0.39, 0.29) is 21.5 Å². The third kappa shape index (κ3) is 4.85. The van der Waals surface area contributed by atoms with Crippen LogP contribution in [0.15, 0.2) is 47.4 Å². The topological polar surface area (TPSA) is 102 Å². The van der Waals surface area contributed by atoms with Crippen molar-refractivity contribution in [3.63, 3.8) is 0 Å². The molecule has 2 aromatic carbocycles. The van der Waals surface area contributed by atoms with Gasteiger partial charge in [0.05, 0.1) is 28.3 Å². The molecule has 1 N–H and O–H groups in total. The second-order valence-electron chi connectivity index (χ2n) is 6.70. The molecule has 2 aromatic rings. The third-order valence-electron chi connectivity index (χ3n) is 4.52. The molecule has 0 bridgehead atoms. The molecule has 1 fully saturated rings. The van der Waals surface area contributed by atoms with E-state index >= 15 is 0 Å². The zero-order valence-corrected chi connectivity index (χ0v) is 18.0. The van der Waals surface area contributed by atoms with Crippen molar-refractivity contribution < 1.29 is 27.5 Å². The van der Waals surface area contributed by atoms with Crippen LogP contribution in [0.2, 0.25) is 5.02 Å². The summed E-state index contributed by atoms with van der Waals surface area (Å²) in [6.45, 7) is -0.468. The van der Waals surface area contributed by atoms with Crippen LogP contribution < -0.4 is 14.4 Å². The summed E-state index contributed by atoms with van der Waals surface area (Å²) < 4.78 is 37.4. The van der Waals surface area contributed by atoms with Gasteiger partial charge in [-0.3, -0.25) is 9.10 Å². The number of amides is 1. The van der Waals surface area contributed by atoms with Crippen LogP contribution in [0.4, 0.5) is 5.69 Å². The van der Waals surface area contributed by atoms with E-state index in [1.807, 2.05) is 0 Å². The van der Waals surface area contributed by atoms with Crippen LogP contribution in [0, 0.1) is 0 Å². The highest BCUT2D eigenvalue weighted by Crippen LogP contribution is 2.32. The van der Waals surface area contributed by atoms with Gasteiger partial charge in [0.25, 0.3) is 15.9 Å². The Labute approximate surface area is 179 Å². The van der Waals surface area contributed by atoms with Gasteiger partial charge in [0.2, 0.25) is 0 Å². The standard InChI is InChI=1S/C20H21ClN2O6S/c1-23(17-5-3-4-6-18(17)28-2)30(26,27)14-9-10-16(21)15(11-14)20(25)29-12-19(24)22-13-7-8-13/h3-6,9-11,13H,7-8,12H2,1-2H3,(H,22,24). The largest absolute Gasteiger partial charge is 0.495 e. The van der Waals surface area contributed by atoms with Gasteiger partial charge in [0, 0.05) is 13.1 Å². The summed E-state index contributed by atoms with van der Waals surface area (Å²) in [5, 5.41) is 2.71. The van der Waals surface area contributed by atoms with Crippen LogP contribution >= 0.6 is 11.6 Å². The average Bonchev–Trinajstić information content (AvgIpc) is 3.55. The maximum Gasteiger partial charge on any atom is 0.340 e. The number of benzene rings is 2. The van der Waals surface area contributed by atoms with Crippen LogP contribution in [-0.4, -0.2) is 47.1 Å². The number of hydrogen-bond donors (Lipinski definition) is 1. The molecular weight excluding hydrogens is 432 g/mol. The molecule has 10 heteroatoms. The van der Waals surface area contributed by atoms with Crippen molar-refractivity contribution in [2.45, 2.75) is 23.8 Å². The van der Waals surface area contributed by atoms with Crippen LogP contribution in [0.1, 0.15) is 23.2 Å². The summed E-state index contributed by atoms with van der Waals surface area (Å²) in [4.78, 5) is 23.9. The molecule has 0 spiro atoms. The second-order valence-corrected chi connectivity index (χ2v) is 9.08. The first-order valence-electron chi connectivity index (χ1n) is 9.12. The molecule has 3 rings (SSSR count). The van der Waals surface area contributed by atoms with E-state index in [9.17, 15) is 18.0 Å². The molecule has 0 aliphatic heterocycles. The maximum atomic E-state index is 13.1. The lowest BCUT2D eigenvalue weighted by atomic mass is 10.2. The summed E-state index contributed by atoms with van der Waals surface area (Å²) in [6, 6.07) is 10.5. The molecular formula is C20H21ClN2O6S. The van der Waals surface area contributed by atoms with Gasteiger partial charge in [-0.25, -0.2) is 13.2 Å². The van der Waals surface area contributed by atoms with Gasteiger partial charge in [-0.2, -0.15) is 0 Å². The molecule has 0 heterocycles. The second kappa shape index (κ2) is 8.93. The van der Waals surface area contributed by atoms with E-state index < -0.39 is 28.5 Å². The summed E-state index contributed by atoms with van der Waals surface area (Å²) >= 11 is 6.07. The highest BCUT2D eigenvalue weighted by molar-refractivity contribution is 7.92. The van der Waals surface area contributed by atoms with Crippen molar-refractivity contribution in [2.75, 3.05) is 25.1 Å². The van der Waals surface area contributed by atoms with Gasteiger partial charge < -0.3 is 14.8 Å². The summed E-state index contributed by atoms with van der Waals surface area (Å²) in [5.41, 5.74) is 0.182. The first-order valence-corrected chi connectivity index (χ1v) is 10.9. The Balaban J connectivity index is 1.82. The number of esters is 1. The van der Waals surface area contributed by atoms with Crippen molar-refractivity contribution in [2.24, 2.45) is 0 Å². The number of nitrogens with one attached hydrogen (secondary N) is 1. The average molecular weight is 453 g/mol. The lowest BCUT2D eigenvalue weighted by molar-refractivity contribution is -0.124. The van der Waals surface area contributed by atoms with Crippen LogP contribution in [0.5, 0.6) is 5.75 Å². The maximum absolute atomic E-state index is 13.1. The van der Waals surface area contributed by atoms with Gasteiger partial charge in [0.1, 0.15) is 5.75 Å². The number of hydrogen-bond acceptors (Lipinski definition) is 6. The van der Waals surface area contributed by atoms with E-state index in [1.54, 1.807) is 24.3 Å². The minimum absolute atomic E-state index is 0.0153.